The third-order valence-corrected chi connectivity index (χ3v) is 8.98. The van der Waals surface area contributed by atoms with Crippen LogP contribution in [0.4, 0.5) is 0 Å². The van der Waals surface area contributed by atoms with Gasteiger partial charge in [-0.2, -0.15) is 0 Å². The van der Waals surface area contributed by atoms with Gasteiger partial charge >= 0.3 is 7.60 Å². The fraction of sp³-hybridized carbons (Fsp3) is 0.667. The quantitative estimate of drug-likeness (QED) is 0.311. The molecular formula is C27H43O5P. The Morgan fingerprint density at radius 3 is 2.24 bits per heavy atom. The molecule has 1 N–H and O–H groups in total. The van der Waals surface area contributed by atoms with Crippen LogP contribution in [-0.2, 0) is 30.2 Å². The molecule has 0 fully saturated rings. The van der Waals surface area contributed by atoms with Gasteiger partial charge in [-0.25, -0.2) is 0 Å². The van der Waals surface area contributed by atoms with E-state index in [2.05, 4.69) is 41.5 Å². The summed E-state index contributed by atoms with van der Waals surface area (Å²) in [7, 11) is -3.53. The van der Waals surface area contributed by atoms with E-state index in [1.54, 1.807) is 20.8 Å². The molecule has 1 aromatic carbocycles. The van der Waals surface area contributed by atoms with E-state index in [-0.39, 0.29) is 35.7 Å². The van der Waals surface area contributed by atoms with Crippen LogP contribution in [0.15, 0.2) is 12.1 Å². The zero-order chi connectivity index (χ0) is 25.2. The van der Waals surface area contributed by atoms with Gasteiger partial charge < -0.3 is 14.2 Å². The van der Waals surface area contributed by atoms with Crippen molar-refractivity contribution in [2.24, 2.45) is 5.41 Å². The Hall–Kier alpha value is -1.42. The maximum Gasteiger partial charge on any atom is 0.341 e. The van der Waals surface area contributed by atoms with Crippen LogP contribution in [0.3, 0.4) is 0 Å². The highest BCUT2D eigenvalue weighted by molar-refractivity contribution is 7.55. The number of hydrogen-bond acceptors (Lipinski definition) is 5. The van der Waals surface area contributed by atoms with Crippen molar-refractivity contribution in [3.63, 3.8) is 0 Å². The molecule has 0 aromatic heterocycles. The molecule has 33 heavy (non-hydrogen) atoms. The molecule has 1 aliphatic rings. The second-order valence-electron chi connectivity index (χ2n) is 11.1. The summed E-state index contributed by atoms with van der Waals surface area (Å²) in [5, 5.41) is 11.4. The standard InChI is InChI=1S/C27H43O5P/c1-10-31-33(30,32-11-2)18(3)23(28)16-15-19-17-22(27(7,8)9)25(29)24-20(19)13-12-14-21(24)26(4,5)6/h15-18,21,29H,10-14H2,1-9H3/b16-15+. The number of carbonyl (C=O) groups excluding carboxylic acids is 1. The molecule has 2 unspecified atom stereocenters. The zero-order valence-electron chi connectivity index (χ0n) is 21.9. The summed E-state index contributed by atoms with van der Waals surface area (Å²) < 4.78 is 23.8. The van der Waals surface area contributed by atoms with Gasteiger partial charge in [-0.15, -0.1) is 0 Å². The van der Waals surface area contributed by atoms with E-state index >= 15 is 0 Å². The minimum absolute atomic E-state index is 0.0100. The molecule has 1 aromatic rings. The Morgan fingerprint density at radius 1 is 1.18 bits per heavy atom. The lowest BCUT2D eigenvalue weighted by Crippen LogP contribution is -2.25. The molecule has 0 radical (unpaired) electrons. The number of hydrogen-bond donors (Lipinski definition) is 1. The zero-order valence-corrected chi connectivity index (χ0v) is 22.8. The minimum atomic E-state index is -3.53. The summed E-state index contributed by atoms with van der Waals surface area (Å²) in [6, 6.07) is 2.01. The molecule has 1 aliphatic carbocycles. The molecular weight excluding hydrogens is 435 g/mol. The van der Waals surface area contributed by atoms with Gasteiger partial charge in [0, 0.05) is 11.1 Å². The number of rotatable bonds is 8. The second-order valence-corrected chi connectivity index (χ2v) is 13.5. The number of ketones is 1. The number of phenolic OH excluding ortho intramolecular Hbond substituents is 1. The fourth-order valence-corrected chi connectivity index (χ4v) is 6.35. The Labute approximate surface area is 200 Å². The summed E-state index contributed by atoms with van der Waals surface area (Å²) in [5.74, 6) is 0.343. The summed E-state index contributed by atoms with van der Waals surface area (Å²) in [4.78, 5) is 13.0. The van der Waals surface area contributed by atoms with Crippen LogP contribution in [0, 0.1) is 5.41 Å². The first-order chi connectivity index (χ1) is 15.2. The number of allylic oxidation sites excluding steroid dienone is 1. The SMILES string of the molecule is CCOP(=O)(OCC)C(C)C(=O)/C=C/c1cc(C(C)(C)C)c(O)c2c1CCCC2C(C)(C)C. The van der Waals surface area contributed by atoms with Crippen LogP contribution in [-0.4, -0.2) is 29.8 Å². The third kappa shape index (κ3) is 6.18. The molecule has 0 saturated carbocycles. The number of carbonyl (C=O) groups is 1. The van der Waals surface area contributed by atoms with E-state index in [1.807, 2.05) is 12.1 Å². The first-order valence-corrected chi connectivity index (χ1v) is 13.8. The summed E-state index contributed by atoms with van der Waals surface area (Å²) >= 11 is 0. The highest BCUT2D eigenvalue weighted by atomic mass is 31.2. The normalized spacial score (nSPS) is 18.4. The monoisotopic (exact) mass is 478 g/mol. The molecule has 6 heteroatoms. The van der Waals surface area contributed by atoms with Crippen molar-refractivity contribution in [3.05, 3.63) is 34.4 Å². The van der Waals surface area contributed by atoms with Gasteiger partial charge in [0.05, 0.1) is 13.2 Å². The van der Waals surface area contributed by atoms with Gasteiger partial charge in [0.15, 0.2) is 5.78 Å². The fourth-order valence-electron chi connectivity index (χ4n) is 4.71. The Balaban J connectivity index is 2.58. The lowest BCUT2D eigenvalue weighted by Gasteiger charge is -2.38. The maximum atomic E-state index is 13.1. The molecule has 5 nitrogen and oxygen atoms in total. The number of benzene rings is 1. The van der Waals surface area contributed by atoms with Crippen LogP contribution < -0.4 is 0 Å². The predicted octanol–water partition coefficient (Wildman–Crippen LogP) is 7.39. The van der Waals surface area contributed by atoms with Gasteiger partial charge in [0.25, 0.3) is 0 Å². The van der Waals surface area contributed by atoms with E-state index in [9.17, 15) is 14.5 Å². The summed E-state index contributed by atoms with van der Waals surface area (Å²) in [6.45, 7) is 18.4. The average molecular weight is 479 g/mol. The molecule has 2 rings (SSSR count). The smallest absolute Gasteiger partial charge is 0.341 e. The van der Waals surface area contributed by atoms with Crippen molar-refractivity contribution in [1.29, 1.82) is 0 Å². The molecule has 0 spiro atoms. The van der Waals surface area contributed by atoms with Crippen LogP contribution in [0.25, 0.3) is 6.08 Å². The molecule has 0 heterocycles. The van der Waals surface area contributed by atoms with E-state index in [0.29, 0.717) is 5.75 Å². The van der Waals surface area contributed by atoms with Crippen molar-refractivity contribution < 1.29 is 23.5 Å². The first kappa shape index (κ1) is 27.8. The van der Waals surface area contributed by atoms with Crippen LogP contribution in [0.5, 0.6) is 5.75 Å². The lowest BCUT2D eigenvalue weighted by atomic mass is 9.66. The van der Waals surface area contributed by atoms with Crippen LogP contribution in [0.2, 0.25) is 0 Å². The van der Waals surface area contributed by atoms with Gasteiger partial charge in [-0.1, -0.05) is 47.6 Å². The largest absolute Gasteiger partial charge is 0.507 e. The van der Waals surface area contributed by atoms with Gasteiger partial charge in [0.1, 0.15) is 11.4 Å². The van der Waals surface area contributed by atoms with Gasteiger partial charge in [-0.3, -0.25) is 9.36 Å². The number of fused-ring (bicyclic) bond motifs is 1. The summed E-state index contributed by atoms with van der Waals surface area (Å²) in [6.07, 6.45) is 6.25. The van der Waals surface area contributed by atoms with E-state index in [4.69, 9.17) is 9.05 Å². The number of phenols is 1. The third-order valence-electron chi connectivity index (χ3n) is 6.54. The van der Waals surface area contributed by atoms with Crippen molar-refractivity contribution in [3.8, 4) is 5.75 Å². The Kier molecular flexibility index (Phi) is 8.82. The first-order valence-electron chi connectivity index (χ1n) is 12.2. The maximum absolute atomic E-state index is 13.1. The molecule has 0 amide bonds. The molecule has 0 saturated heterocycles. The van der Waals surface area contributed by atoms with Crippen molar-refractivity contribution >= 4 is 19.5 Å². The average Bonchev–Trinajstić information content (AvgIpc) is 2.70. The Bertz CT molecular complexity index is 923. The van der Waals surface area contributed by atoms with E-state index < -0.39 is 13.3 Å². The molecule has 0 bridgehead atoms. The molecule has 2 atom stereocenters. The van der Waals surface area contributed by atoms with Crippen molar-refractivity contribution in [2.75, 3.05) is 13.2 Å². The van der Waals surface area contributed by atoms with Gasteiger partial charge in [-0.05, 0) is 80.1 Å². The highest BCUT2D eigenvalue weighted by Crippen LogP contribution is 2.54. The lowest BCUT2D eigenvalue weighted by molar-refractivity contribution is -0.114. The second kappa shape index (κ2) is 10.5. The summed E-state index contributed by atoms with van der Waals surface area (Å²) in [5.41, 5.74) is 2.84. The molecule has 0 aliphatic heterocycles. The minimum Gasteiger partial charge on any atom is -0.507 e. The van der Waals surface area contributed by atoms with Crippen molar-refractivity contribution in [1.82, 2.24) is 0 Å². The van der Waals surface area contributed by atoms with Crippen LogP contribution >= 0.6 is 7.60 Å². The van der Waals surface area contributed by atoms with Crippen molar-refractivity contribution in [2.45, 2.75) is 98.6 Å². The predicted molar refractivity (Wildman–Crippen MR) is 136 cm³/mol. The van der Waals surface area contributed by atoms with Crippen LogP contribution in [0.1, 0.15) is 103 Å². The molecule has 186 valence electrons. The van der Waals surface area contributed by atoms with Gasteiger partial charge in [0.2, 0.25) is 0 Å². The highest BCUT2D eigenvalue weighted by Gasteiger charge is 2.37. The van der Waals surface area contributed by atoms with E-state index in [1.165, 1.54) is 6.08 Å². The number of aromatic hydroxyl groups is 1. The Morgan fingerprint density at radius 2 is 1.76 bits per heavy atom. The van der Waals surface area contributed by atoms with E-state index in [0.717, 1.165) is 41.5 Å². The topological polar surface area (TPSA) is 72.8 Å².